The maximum Gasteiger partial charge on any atom is 0.280 e. The molecule has 3 heterocycles. The fourth-order valence-corrected chi connectivity index (χ4v) is 6.43. The molecule has 1 fully saturated rings. The Morgan fingerprint density at radius 3 is 2.97 bits per heavy atom. The van der Waals surface area contributed by atoms with Crippen LogP contribution >= 0.6 is 22.9 Å². The molecule has 3 N–H and O–H groups in total. The minimum atomic E-state index is -0.879. The molecule has 0 spiro atoms. The third-order valence-electron chi connectivity index (χ3n) is 7.01. The van der Waals surface area contributed by atoms with Crippen molar-refractivity contribution in [2.45, 2.75) is 50.2 Å². The van der Waals surface area contributed by atoms with Crippen LogP contribution in [0.25, 0.3) is 10.9 Å². The van der Waals surface area contributed by atoms with E-state index in [1.165, 1.54) is 11.3 Å². The molecule has 2 aliphatic rings. The highest BCUT2D eigenvalue weighted by Gasteiger charge is 2.47. The summed E-state index contributed by atoms with van der Waals surface area (Å²) in [5, 5.41) is 8.48. The maximum atomic E-state index is 13.8. The number of benzene rings is 1. The number of nitrogens with one attached hydrogen (secondary N) is 3. The number of thiazole rings is 1. The quantitative estimate of drug-likeness (QED) is 0.478. The van der Waals surface area contributed by atoms with Crippen LogP contribution in [-0.2, 0) is 13.0 Å². The molecule has 1 amide bonds. The lowest BCUT2D eigenvalue weighted by molar-refractivity contribution is 0.0703. The van der Waals surface area contributed by atoms with Crippen LogP contribution in [0.5, 0.6) is 0 Å². The highest BCUT2D eigenvalue weighted by atomic mass is 35.5. The van der Waals surface area contributed by atoms with Crippen LogP contribution in [0.15, 0.2) is 24.3 Å². The fraction of sp³-hybridized carbons (Fsp3) is 0.458. The average Bonchev–Trinajstić information content (AvgIpc) is 3.42. The molecule has 2 atom stereocenters. The third-order valence-corrected chi connectivity index (χ3v) is 8.33. The third kappa shape index (κ3) is 4.10. The van der Waals surface area contributed by atoms with Gasteiger partial charge in [0.25, 0.3) is 5.91 Å². The van der Waals surface area contributed by atoms with E-state index in [1.807, 2.05) is 18.2 Å². The average molecular weight is 486 g/mol. The van der Waals surface area contributed by atoms with Crippen LogP contribution in [0, 0.1) is 0 Å². The predicted molar refractivity (Wildman–Crippen MR) is 131 cm³/mol. The van der Waals surface area contributed by atoms with E-state index in [-0.39, 0.29) is 17.7 Å². The van der Waals surface area contributed by atoms with E-state index < -0.39 is 5.54 Å². The number of hydrogen-bond acceptors (Lipinski definition) is 6. The Hall–Kier alpha value is -2.26. The summed E-state index contributed by atoms with van der Waals surface area (Å²) in [5.41, 5.74) is 1.54. The molecular weight excluding hydrogens is 458 g/mol. The molecule has 0 radical (unpaired) electrons. The first-order valence-corrected chi connectivity index (χ1v) is 12.6. The number of fused-ring (bicyclic) bond motifs is 2. The van der Waals surface area contributed by atoms with Gasteiger partial charge in [0.05, 0.1) is 17.4 Å². The summed E-state index contributed by atoms with van der Waals surface area (Å²) in [7, 11) is 3.88. The summed E-state index contributed by atoms with van der Waals surface area (Å²) in [5.74, 6) is -0.234. The number of carbonyl (C=O) groups is 2. The van der Waals surface area contributed by atoms with Gasteiger partial charge in [-0.2, -0.15) is 0 Å². The molecule has 1 saturated carbocycles. The highest BCUT2D eigenvalue weighted by Crippen LogP contribution is 2.33. The summed E-state index contributed by atoms with van der Waals surface area (Å²) in [6.07, 6.45) is 4.13. The number of H-pyrrole nitrogens is 1. The summed E-state index contributed by atoms with van der Waals surface area (Å²) < 4.78 is 0. The molecule has 1 aliphatic heterocycles. The monoisotopic (exact) mass is 485 g/mol. The Balaban J connectivity index is 1.42. The van der Waals surface area contributed by atoms with Crippen LogP contribution in [0.4, 0.5) is 0 Å². The number of amides is 1. The minimum absolute atomic E-state index is 0.0395. The van der Waals surface area contributed by atoms with Gasteiger partial charge in [-0.1, -0.05) is 24.4 Å². The molecule has 9 heteroatoms. The van der Waals surface area contributed by atoms with Crippen molar-refractivity contribution in [2.24, 2.45) is 0 Å². The van der Waals surface area contributed by atoms with Crippen LogP contribution in [-0.4, -0.2) is 58.8 Å². The molecule has 2 aromatic heterocycles. The summed E-state index contributed by atoms with van der Waals surface area (Å²) >= 11 is 7.59. The second-order valence-corrected chi connectivity index (χ2v) is 10.6. The zero-order chi connectivity index (χ0) is 23.2. The molecule has 2 unspecified atom stereocenters. The number of nitrogens with zero attached hydrogens (tertiary/aromatic N) is 2. The van der Waals surface area contributed by atoms with Crippen molar-refractivity contribution >= 4 is 45.5 Å². The molecule has 7 nitrogen and oxygen atoms in total. The number of aromatic amines is 1. The van der Waals surface area contributed by atoms with Crippen molar-refractivity contribution in [3.8, 4) is 0 Å². The number of ketones is 1. The standard InChI is InChI=1S/C24H28ClN5O2S/c1-26-24(21(31)18-12-14-11-15(25)6-7-16(14)27-18)9-4-3-5-20(24)29-22(32)23-28-17-8-10-30(2)13-19(17)33-23/h6-7,11-12,20,26-27H,3-5,8-10,13H2,1-2H3,(H,29,32). The van der Waals surface area contributed by atoms with Gasteiger partial charge in [0.2, 0.25) is 5.78 Å². The van der Waals surface area contributed by atoms with Crippen LogP contribution in [0.3, 0.4) is 0 Å². The zero-order valence-electron chi connectivity index (χ0n) is 18.8. The molecule has 174 valence electrons. The van der Waals surface area contributed by atoms with Gasteiger partial charge in [-0.05, 0) is 51.2 Å². The molecule has 33 heavy (non-hydrogen) atoms. The zero-order valence-corrected chi connectivity index (χ0v) is 20.4. The van der Waals surface area contributed by atoms with E-state index in [0.717, 1.165) is 60.2 Å². The van der Waals surface area contributed by atoms with Gasteiger partial charge in [0.1, 0.15) is 5.54 Å². The Morgan fingerprint density at radius 1 is 1.30 bits per heavy atom. The van der Waals surface area contributed by atoms with E-state index in [4.69, 9.17) is 11.6 Å². The van der Waals surface area contributed by atoms with E-state index in [0.29, 0.717) is 22.1 Å². The molecule has 5 rings (SSSR count). The Morgan fingerprint density at radius 2 is 2.15 bits per heavy atom. The second kappa shape index (κ2) is 8.83. The number of hydrogen-bond donors (Lipinski definition) is 3. The lowest BCUT2D eigenvalue weighted by Gasteiger charge is -2.42. The first-order chi connectivity index (χ1) is 15.9. The number of aromatic nitrogens is 2. The van der Waals surface area contributed by atoms with Crippen LogP contribution in [0.2, 0.25) is 5.02 Å². The molecule has 1 aliphatic carbocycles. The number of likely N-dealkylation sites (N-methyl/N-ethyl adjacent to an activating group) is 2. The number of Topliss-reactive ketones (excluding diaryl/α,β-unsaturated/α-hetero) is 1. The van der Waals surface area contributed by atoms with Gasteiger partial charge in [-0.25, -0.2) is 4.98 Å². The predicted octanol–water partition coefficient (Wildman–Crippen LogP) is 3.78. The van der Waals surface area contributed by atoms with E-state index in [9.17, 15) is 9.59 Å². The van der Waals surface area contributed by atoms with Crippen LogP contribution in [0.1, 0.15) is 56.5 Å². The lowest BCUT2D eigenvalue weighted by Crippen LogP contribution is -2.65. The number of rotatable bonds is 5. The minimum Gasteiger partial charge on any atom is -0.352 e. The summed E-state index contributed by atoms with van der Waals surface area (Å²) in [6, 6.07) is 7.05. The van der Waals surface area contributed by atoms with Crippen molar-refractivity contribution < 1.29 is 9.59 Å². The van der Waals surface area contributed by atoms with E-state index >= 15 is 0 Å². The molecule has 0 saturated heterocycles. The second-order valence-electron chi connectivity index (χ2n) is 9.11. The normalized spacial score (nSPS) is 23.4. The van der Waals surface area contributed by atoms with E-state index in [1.54, 1.807) is 13.1 Å². The molecule has 1 aromatic carbocycles. The Labute approximate surface area is 201 Å². The van der Waals surface area contributed by atoms with Gasteiger partial charge in [0.15, 0.2) is 5.01 Å². The van der Waals surface area contributed by atoms with Gasteiger partial charge in [-0.3, -0.25) is 9.59 Å². The molecule has 0 bridgehead atoms. The van der Waals surface area contributed by atoms with Crippen molar-refractivity contribution in [3.63, 3.8) is 0 Å². The van der Waals surface area contributed by atoms with Crippen molar-refractivity contribution in [3.05, 3.63) is 50.6 Å². The Kier molecular flexibility index (Phi) is 6.03. The SMILES string of the molecule is CNC1(C(=O)c2cc3cc(Cl)ccc3[nH]2)CCCCC1NC(=O)c1nc2c(s1)CN(C)CC2. The van der Waals surface area contributed by atoms with Gasteiger partial charge >= 0.3 is 0 Å². The number of carbonyl (C=O) groups excluding carboxylic acids is 2. The van der Waals surface area contributed by atoms with E-state index in [2.05, 4.69) is 32.5 Å². The lowest BCUT2D eigenvalue weighted by atomic mass is 9.73. The van der Waals surface area contributed by atoms with Gasteiger partial charge in [-0.15, -0.1) is 11.3 Å². The first-order valence-electron chi connectivity index (χ1n) is 11.4. The van der Waals surface area contributed by atoms with Gasteiger partial charge in [0, 0.05) is 40.3 Å². The maximum absolute atomic E-state index is 13.8. The largest absolute Gasteiger partial charge is 0.352 e. The van der Waals surface area contributed by atoms with Crippen LogP contribution < -0.4 is 10.6 Å². The van der Waals surface area contributed by atoms with Crippen molar-refractivity contribution in [2.75, 3.05) is 20.6 Å². The topological polar surface area (TPSA) is 90.1 Å². The van der Waals surface area contributed by atoms with Crippen molar-refractivity contribution in [1.29, 1.82) is 0 Å². The van der Waals surface area contributed by atoms with Crippen molar-refractivity contribution in [1.82, 2.24) is 25.5 Å². The highest BCUT2D eigenvalue weighted by molar-refractivity contribution is 7.13. The smallest absolute Gasteiger partial charge is 0.280 e. The summed E-state index contributed by atoms with van der Waals surface area (Å²) in [4.78, 5) is 38.3. The van der Waals surface area contributed by atoms with Gasteiger partial charge < -0.3 is 20.5 Å². The summed E-state index contributed by atoms with van der Waals surface area (Å²) in [6.45, 7) is 1.78. The molecule has 3 aromatic rings. The molecular formula is C24H28ClN5O2S. The Bertz CT molecular complexity index is 1220. The fourth-order valence-electron chi connectivity index (χ4n) is 5.16. The number of halogens is 1. The first kappa shape index (κ1) is 22.5.